The molecular weight excluding hydrogens is 313 g/mol. The van der Waals surface area contributed by atoms with Crippen LogP contribution in [0.1, 0.15) is 37.3 Å². The highest BCUT2D eigenvalue weighted by Gasteiger charge is 2.29. The first-order chi connectivity index (χ1) is 11.5. The number of carboxylic acids is 1. The minimum Gasteiger partial charge on any atom is -0.481 e. The second-order valence-corrected chi connectivity index (χ2v) is 6.24. The fraction of sp³-hybridized carbons (Fsp3) is 0.471. The number of aromatic nitrogens is 2. The van der Waals surface area contributed by atoms with Crippen LogP contribution < -0.4 is 0 Å². The Kier molecular flexibility index (Phi) is 4.62. The lowest BCUT2D eigenvalue weighted by Crippen LogP contribution is -2.37. The van der Waals surface area contributed by atoms with Gasteiger partial charge in [0, 0.05) is 5.56 Å². The van der Waals surface area contributed by atoms with Gasteiger partial charge in [-0.15, -0.1) is 0 Å². The SMILES string of the molecule is Cc1ccc(-c2noc(C(C)N3CCC(C(=O)O)CC3)n2)cc1F. The lowest BCUT2D eigenvalue weighted by atomic mass is 9.96. The highest BCUT2D eigenvalue weighted by atomic mass is 19.1. The van der Waals surface area contributed by atoms with Gasteiger partial charge in [0.1, 0.15) is 5.82 Å². The van der Waals surface area contributed by atoms with Crippen molar-refractivity contribution in [1.29, 1.82) is 0 Å². The van der Waals surface area contributed by atoms with Crippen LogP contribution in [0.3, 0.4) is 0 Å². The first-order valence-electron chi connectivity index (χ1n) is 8.02. The van der Waals surface area contributed by atoms with Crippen molar-refractivity contribution in [2.45, 2.75) is 32.7 Å². The summed E-state index contributed by atoms with van der Waals surface area (Å²) in [6, 6.07) is 4.74. The molecule has 1 unspecified atom stereocenters. The molecule has 0 bridgehead atoms. The molecule has 2 aromatic rings. The Hall–Kier alpha value is -2.28. The number of likely N-dealkylation sites (tertiary alicyclic amines) is 1. The molecule has 0 spiro atoms. The Morgan fingerprint density at radius 1 is 1.42 bits per heavy atom. The van der Waals surface area contributed by atoms with Gasteiger partial charge in [0.05, 0.1) is 12.0 Å². The van der Waals surface area contributed by atoms with Crippen molar-refractivity contribution in [2.75, 3.05) is 13.1 Å². The number of rotatable bonds is 4. The van der Waals surface area contributed by atoms with Gasteiger partial charge in [-0.25, -0.2) is 4.39 Å². The Morgan fingerprint density at radius 2 is 2.12 bits per heavy atom. The van der Waals surface area contributed by atoms with Gasteiger partial charge in [-0.1, -0.05) is 17.3 Å². The van der Waals surface area contributed by atoms with E-state index in [9.17, 15) is 9.18 Å². The number of benzene rings is 1. The molecule has 0 radical (unpaired) electrons. The fourth-order valence-corrected chi connectivity index (χ4v) is 2.94. The Balaban J connectivity index is 1.71. The molecule has 0 aliphatic carbocycles. The number of halogens is 1. The average molecular weight is 333 g/mol. The molecule has 0 amide bonds. The number of nitrogens with zero attached hydrogens (tertiary/aromatic N) is 3. The van der Waals surface area contributed by atoms with Crippen LogP contribution in [0.5, 0.6) is 0 Å². The van der Waals surface area contributed by atoms with Crippen LogP contribution in [0.15, 0.2) is 22.7 Å². The first kappa shape index (κ1) is 16.6. The number of hydrogen-bond acceptors (Lipinski definition) is 5. The van der Waals surface area contributed by atoms with Crippen molar-refractivity contribution in [1.82, 2.24) is 15.0 Å². The summed E-state index contributed by atoms with van der Waals surface area (Å²) in [5.74, 6) is -0.496. The normalized spacial score (nSPS) is 17.8. The van der Waals surface area contributed by atoms with Crippen molar-refractivity contribution >= 4 is 5.97 Å². The molecule has 6 nitrogen and oxygen atoms in total. The number of hydrogen-bond donors (Lipinski definition) is 1. The van der Waals surface area contributed by atoms with E-state index in [0.29, 0.717) is 48.8 Å². The summed E-state index contributed by atoms with van der Waals surface area (Å²) < 4.78 is 19.0. The number of piperidine rings is 1. The van der Waals surface area contributed by atoms with Gasteiger partial charge >= 0.3 is 5.97 Å². The lowest BCUT2D eigenvalue weighted by molar-refractivity contribution is -0.143. The first-order valence-corrected chi connectivity index (χ1v) is 8.02. The summed E-state index contributed by atoms with van der Waals surface area (Å²) in [6.45, 7) is 5.00. The van der Waals surface area contributed by atoms with Gasteiger partial charge < -0.3 is 9.63 Å². The standard InChI is InChI=1S/C17H20FN3O3/c1-10-3-4-13(9-14(10)18)15-19-16(24-20-15)11(2)21-7-5-12(6-8-21)17(22)23/h3-4,9,11-12H,5-8H2,1-2H3,(H,22,23). The molecule has 3 rings (SSSR count). The predicted molar refractivity (Wildman–Crippen MR) is 84.8 cm³/mol. The van der Waals surface area contributed by atoms with E-state index in [2.05, 4.69) is 15.0 Å². The second-order valence-electron chi connectivity index (χ2n) is 6.24. The number of aliphatic carboxylic acids is 1. The Bertz CT molecular complexity index is 738. The summed E-state index contributed by atoms with van der Waals surface area (Å²) in [5, 5.41) is 13.0. The number of aryl methyl sites for hydroxylation is 1. The molecule has 7 heteroatoms. The smallest absolute Gasteiger partial charge is 0.306 e. The zero-order valence-electron chi connectivity index (χ0n) is 13.7. The third-order valence-electron chi connectivity index (χ3n) is 4.66. The van der Waals surface area contributed by atoms with Crippen LogP contribution in [-0.4, -0.2) is 39.2 Å². The maximum absolute atomic E-state index is 13.7. The monoisotopic (exact) mass is 333 g/mol. The summed E-state index contributed by atoms with van der Waals surface area (Å²) in [7, 11) is 0. The molecule has 1 saturated heterocycles. The van der Waals surface area contributed by atoms with Crippen LogP contribution in [0.2, 0.25) is 0 Å². The highest BCUT2D eigenvalue weighted by molar-refractivity contribution is 5.70. The van der Waals surface area contributed by atoms with Crippen LogP contribution in [0.25, 0.3) is 11.4 Å². The highest BCUT2D eigenvalue weighted by Crippen LogP contribution is 2.27. The van der Waals surface area contributed by atoms with Crippen LogP contribution >= 0.6 is 0 Å². The number of carbonyl (C=O) groups is 1. The Labute approximate surface area is 139 Å². The molecule has 2 heterocycles. The predicted octanol–water partition coefficient (Wildman–Crippen LogP) is 3.04. The molecule has 1 aliphatic heterocycles. The van der Waals surface area contributed by atoms with E-state index in [1.807, 2.05) is 6.92 Å². The topological polar surface area (TPSA) is 79.5 Å². The lowest BCUT2D eigenvalue weighted by Gasteiger charge is -2.32. The van der Waals surface area contributed by atoms with Crippen LogP contribution in [-0.2, 0) is 4.79 Å². The maximum atomic E-state index is 13.7. The average Bonchev–Trinajstić information content (AvgIpc) is 3.07. The van der Waals surface area contributed by atoms with Gasteiger partial charge in [0.25, 0.3) is 0 Å². The second kappa shape index (κ2) is 6.68. The van der Waals surface area contributed by atoms with Gasteiger partial charge in [0.15, 0.2) is 0 Å². The van der Waals surface area contributed by atoms with Gasteiger partial charge in [-0.05, 0) is 51.4 Å². The largest absolute Gasteiger partial charge is 0.481 e. The Morgan fingerprint density at radius 3 is 2.75 bits per heavy atom. The van der Waals surface area contributed by atoms with Crippen LogP contribution in [0, 0.1) is 18.7 Å². The molecule has 1 N–H and O–H groups in total. The zero-order chi connectivity index (χ0) is 17.3. The van der Waals surface area contributed by atoms with Crippen molar-refractivity contribution in [3.05, 3.63) is 35.5 Å². The van der Waals surface area contributed by atoms with Crippen molar-refractivity contribution < 1.29 is 18.8 Å². The summed E-state index contributed by atoms with van der Waals surface area (Å²) >= 11 is 0. The van der Waals surface area contributed by atoms with E-state index >= 15 is 0 Å². The summed E-state index contributed by atoms with van der Waals surface area (Å²) in [4.78, 5) is 17.5. The number of carboxylic acid groups (broad SMARTS) is 1. The molecular formula is C17H20FN3O3. The molecule has 1 aromatic carbocycles. The molecule has 1 fully saturated rings. The van der Waals surface area contributed by atoms with Crippen molar-refractivity contribution in [3.8, 4) is 11.4 Å². The van der Waals surface area contributed by atoms with E-state index in [1.54, 1.807) is 19.1 Å². The van der Waals surface area contributed by atoms with E-state index < -0.39 is 5.97 Å². The van der Waals surface area contributed by atoms with E-state index in [0.717, 1.165) is 0 Å². The molecule has 24 heavy (non-hydrogen) atoms. The summed E-state index contributed by atoms with van der Waals surface area (Å²) in [5.41, 5.74) is 1.14. The summed E-state index contributed by atoms with van der Waals surface area (Å²) in [6.07, 6.45) is 1.23. The quantitative estimate of drug-likeness (QED) is 0.926. The van der Waals surface area contributed by atoms with Crippen molar-refractivity contribution in [3.63, 3.8) is 0 Å². The maximum Gasteiger partial charge on any atom is 0.306 e. The molecule has 1 aliphatic rings. The van der Waals surface area contributed by atoms with Gasteiger partial charge in [-0.2, -0.15) is 4.98 Å². The molecule has 1 atom stereocenters. The fourth-order valence-electron chi connectivity index (χ4n) is 2.94. The third kappa shape index (κ3) is 3.31. The molecule has 128 valence electrons. The van der Waals surface area contributed by atoms with Crippen molar-refractivity contribution in [2.24, 2.45) is 5.92 Å². The van der Waals surface area contributed by atoms with Gasteiger partial charge in [0.2, 0.25) is 11.7 Å². The van der Waals surface area contributed by atoms with E-state index in [-0.39, 0.29) is 17.8 Å². The third-order valence-corrected chi connectivity index (χ3v) is 4.66. The van der Waals surface area contributed by atoms with E-state index in [1.165, 1.54) is 6.07 Å². The minimum absolute atomic E-state index is 0.101. The van der Waals surface area contributed by atoms with E-state index in [4.69, 9.17) is 9.63 Å². The van der Waals surface area contributed by atoms with Crippen LogP contribution in [0.4, 0.5) is 4.39 Å². The molecule has 0 saturated carbocycles. The minimum atomic E-state index is -0.733. The zero-order valence-corrected chi connectivity index (χ0v) is 13.7. The molecule has 1 aromatic heterocycles. The van der Waals surface area contributed by atoms with Gasteiger partial charge in [-0.3, -0.25) is 9.69 Å².